The Kier molecular flexibility index (Phi) is 2.85. The van der Waals surface area contributed by atoms with Crippen LogP contribution in [0.4, 0.5) is 5.82 Å². The van der Waals surface area contributed by atoms with Gasteiger partial charge in [-0.1, -0.05) is 11.6 Å². The highest BCUT2D eigenvalue weighted by atomic mass is 15.2. The molecule has 0 aliphatic heterocycles. The Morgan fingerprint density at radius 2 is 1.95 bits per heavy atom. The number of fused-ring (bicyclic) bond motifs is 3. The Bertz CT molecular complexity index is 725. The second-order valence-corrected chi connectivity index (χ2v) is 4.77. The summed E-state index contributed by atoms with van der Waals surface area (Å²) < 4.78 is 0. The summed E-state index contributed by atoms with van der Waals surface area (Å²) >= 11 is 0. The van der Waals surface area contributed by atoms with E-state index >= 15 is 0 Å². The number of H-pyrrole nitrogens is 1. The van der Waals surface area contributed by atoms with Gasteiger partial charge in [-0.3, -0.25) is 0 Å². The summed E-state index contributed by atoms with van der Waals surface area (Å²) in [5.41, 5.74) is 4.41. The zero-order valence-corrected chi connectivity index (χ0v) is 11.6. The van der Waals surface area contributed by atoms with Crippen molar-refractivity contribution in [1.29, 1.82) is 0 Å². The second-order valence-electron chi connectivity index (χ2n) is 4.77. The van der Waals surface area contributed by atoms with Gasteiger partial charge in [0.2, 0.25) is 0 Å². The third-order valence-corrected chi connectivity index (χ3v) is 3.58. The minimum absolute atomic E-state index is 0.941. The van der Waals surface area contributed by atoms with Crippen LogP contribution in [0.3, 0.4) is 0 Å². The van der Waals surface area contributed by atoms with Gasteiger partial charge in [-0.15, -0.1) is 0 Å². The zero-order valence-electron chi connectivity index (χ0n) is 11.6. The van der Waals surface area contributed by atoms with E-state index in [4.69, 9.17) is 0 Å². The summed E-state index contributed by atoms with van der Waals surface area (Å²) in [5.74, 6) is 0.990. The second kappa shape index (κ2) is 4.53. The van der Waals surface area contributed by atoms with E-state index in [2.05, 4.69) is 58.8 Å². The number of rotatable bonds is 3. The van der Waals surface area contributed by atoms with Crippen molar-refractivity contribution in [3.05, 3.63) is 30.1 Å². The highest BCUT2D eigenvalue weighted by Crippen LogP contribution is 2.29. The van der Waals surface area contributed by atoms with Gasteiger partial charge in [0.05, 0.1) is 0 Å². The van der Waals surface area contributed by atoms with E-state index in [9.17, 15) is 0 Å². The molecule has 0 aliphatic rings. The Morgan fingerprint density at radius 1 is 1.16 bits per heavy atom. The number of benzene rings is 1. The average Bonchev–Trinajstić information content (AvgIpc) is 2.79. The molecule has 3 rings (SSSR count). The third-order valence-electron chi connectivity index (χ3n) is 3.58. The fourth-order valence-corrected chi connectivity index (χ4v) is 2.56. The molecule has 4 heteroatoms. The SMILES string of the molecule is CCN(CC)c1ncnc2c1[nH]c1ccc(C)cc12. The summed E-state index contributed by atoms with van der Waals surface area (Å²) in [6, 6.07) is 6.40. The number of nitrogens with one attached hydrogen (secondary N) is 1. The number of hydrogen-bond acceptors (Lipinski definition) is 3. The van der Waals surface area contributed by atoms with Crippen LogP contribution in [0.5, 0.6) is 0 Å². The Balaban J connectivity index is 2.34. The monoisotopic (exact) mass is 254 g/mol. The Labute approximate surface area is 112 Å². The van der Waals surface area contributed by atoms with Crippen LogP contribution in [-0.4, -0.2) is 28.0 Å². The van der Waals surface area contributed by atoms with E-state index in [1.165, 1.54) is 10.9 Å². The molecule has 0 aliphatic carbocycles. The molecule has 3 aromatic rings. The maximum Gasteiger partial charge on any atom is 0.156 e. The van der Waals surface area contributed by atoms with Crippen LogP contribution in [-0.2, 0) is 0 Å². The van der Waals surface area contributed by atoms with Crippen LogP contribution < -0.4 is 4.90 Å². The van der Waals surface area contributed by atoms with Crippen molar-refractivity contribution in [3.8, 4) is 0 Å². The molecule has 0 unspecified atom stereocenters. The molecule has 0 radical (unpaired) electrons. The van der Waals surface area contributed by atoms with E-state index in [-0.39, 0.29) is 0 Å². The molecule has 0 atom stereocenters. The fraction of sp³-hybridized carbons (Fsp3) is 0.333. The molecule has 0 fully saturated rings. The molecule has 4 nitrogen and oxygen atoms in total. The van der Waals surface area contributed by atoms with Gasteiger partial charge in [-0.05, 0) is 32.9 Å². The predicted octanol–water partition coefficient (Wildman–Crippen LogP) is 3.27. The minimum atomic E-state index is 0.941. The quantitative estimate of drug-likeness (QED) is 0.780. The molecule has 0 spiro atoms. The molecule has 0 amide bonds. The average molecular weight is 254 g/mol. The van der Waals surface area contributed by atoms with Gasteiger partial charge in [0, 0.05) is 24.0 Å². The summed E-state index contributed by atoms with van der Waals surface area (Å²) in [7, 11) is 0. The molecule has 0 saturated carbocycles. The molecule has 19 heavy (non-hydrogen) atoms. The molecule has 98 valence electrons. The lowest BCUT2D eigenvalue weighted by molar-refractivity contribution is 0.847. The van der Waals surface area contributed by atoms with E-state index in [0.29, 0.717) is 0 Å². The van der Waals surface area contributed by atoms with Crippen molar-refractivity contribution in [1.82, 2.24) is 15.0 Å². The van der Waals surface area contributed by atoms with Gasteiger partial charge in [0.1, 0.15) is 17.4 Å². The van der Waals surface area contributed by atoms with E-state index in [0.717, 1.165) is 35.5 Å². The molecular formula is C15H18N4. The normalized spacial score (nSPS) is 11.3. The molecule has 1 aromatic carbocycles. The summed E-state index contributed by atoms with van der Waals surface area (Å²) in [6.07, 6.45) is 1.66. The molecule has 0 bridgehead atoms. The lowest BCUT2D eigenvalue weighted by atomic mass is 10.1. The van der Waals surface area contributed by atoms with Gasteiger partial charge < -0.3 is 9.88 Å². The van der Waals surface area contributed by atoms with E-state index in [1.54, 1.807) is 6.33 Å². The molecular weight excluding hydrogens is 236 g/mol. The van der Waals surface area contributed by atoms with Crippen molar-refractivity contribution < 1.29 is 0 Å². The number of nitrogens with zero attached hydrogens (tertiary/aromatic N) is 3. The summed E-state index contributed by atoms with van der Waals surface area (Å²) in [6.45, 7) is 8.27. The predicted molar refractivity (Wildman–Crippen MR) is 79.7 cm³/mol. The molecule has 0 saturated heterocycles. The van der Waals surface area contributed by atoms with Crippen molar-refractivity contribution in [2.45, 2.75) is 20.8 Å². The first-order valence-electron chi connectivity index (χ1n) is 6.72. The van der Waals surface area contributed by atoms with Gasteiger partial charge in [0.25, 0.3) is 0 Å². The number of aromatic amines is 1. The van der Waals surface area contributed by atoms with Crippen LogP contribution in [0.2, 0.25) is 0 Å². The number of aromatic nitrogens is 3. The van der Waals surface area contributed by atoms with Crippen molar-refractivity contribution >= 4 is 27.8 Å². The lowest BCUT2D eigenvalue weighted by Crippen LogP contribution is -2.23. The largest absolute Gasteiger partial charge is 0.355 e. The minimum Gasteiger partial charge on any atom is -0.355 e. The van der Waals surface area contributed by atoms with Crippen LogP contribution in [0, 0.1) is 6.92 Å². The van der Waals surface area contributed by atoms with Crippen molar-refractivity contribution in [3.63, 3.8) is 0 Å². The highest BCUT2D eigenvalue weighted by molar-refractivity contribution is 6.08. The fourth-order valence-electron chi connectivity index (χ4n) is 2.56. The summed E-state index contributed by atoms with van der Waals surface area (Å²) in [5, 5.41) is 1.17. The smallest absolute Gasteiger partial charge is 0.156 e. The first-order valence-corrected chi connectivity index (χ1v) is 6.72. The maximum atomic E-state index is 4.45. The number of hydrogen-bond donors (Lipinski definition) is 1. The van der Waals surface area contributed by atoms with Gasteiger partial charge in [-0.25, -0.2) is 9.97 Å². The molecule has 1 N–H and O–H groups in total. The standard InChI is InChI=1S/C15H18N4/c1-4-19(5-2)15-14-13(16-9-17-15)11-8-10(3)6-7-12(11)18-14/h6-9,18H,4-5H2,1-3H3. The van der Waals surface area contributed by atoms with Crippen LogP contribution in [0.15, 0.2) is 24.5 Å². The Hall–Kier alpha value is -2.10. The number of anilines is 1. The van der Waals surface area contributed by atoms with Gasteiger partial charge in [-0.2, -0.15) is 0 Å². The first kappa shape index (κ1) is 12.0. The third kappa shape index (κ3) is 1.84. The topological polar surface area (TPSA) is 44.8 Å². The summed E-state index contributed by atoms with van der Waals surface area (Å²) in [4.78, 5) is 14.6. The Morgan fingerprint density at radius 3 is 2.68 bits per heavy atom. The maximum absolute atomic E-state index is 4.45. The van der Waals surface area contributed by atoms with E-state index in [1.807, 2.05) is 0 Å². The first-order chi connectivity index (χ1) is 9.24. The van der Waals surface area contributed by atoms with E-state index < -0.39 is 0 Å². The lowest BCUT2D eigenvalue weighted by Gasteiger charge is -2.19. The van der Waals surface area contributed by atoms with Crippen molar-refractivity contribution in [2.24, 2.45) is 0 Å². The zero-order chi connectivity index (χ0) is 13.4. The van der Waals surface area contributed by atoms with Crippen LogP contribution in [0.1, 0.15) is 19.4 Å². The van der Waals surface area contributed by atoms with Gasteiger partial charge >= 0.3 is 0 Å². The molecule has 2 aromatic heterocycles. The van der Waals surface area contributed by atoms with Gasteiger partial charge in [0.15, 0.2) is 5.82 Å². The van der Waals surface area contributed by atoms with Crippen molar-refractivity contribution in [2.75, 3.05) is 18.0 Å². The van der Waals surface area contributed by atoms with Crippen LogP contribution in [0.25, 0.3) is 21.9 Å². The molecule has 2 heterocycles. The highest BCUT2D eigenvalue weighted by Gasteiger charge is 2.13. The number of aryl methyl sites for hydroxylation is 1. The van der Waals surface area contributed by atoms with Crippen LogP contribution >= 0.6 is 0 Å².